The van der Waals surface area contributed by atoms with E-state index >= 15 is 0 Å². The molecule has 0 saturated heterocycles. The molecule has 0 fully saturated rings. The number of carbonyl (C=O) groups excluding carboxylic acids is 1. The maximum Gasteiger partial charge on any atom is 0.316 e. The van der Waals surface area contributed by atoms with E-state index < -0.39 is 0 Å². The summed E-state index contributed by atoms with van der Waals surface area (Å²) >= 11 is 0. The van der Waals surface area contributed by atoms with E-state index in [1.165, 1.54) is 5.56 Å². The fourth-order valence-corrected chi connectivity index (χ4v) is 3.01. The Morgan fingerprint density at radius 2 is 2.04 bits per heavy atom. The Morgan fingerprint density at radius 1 is 1.19 bits per heavy atom. The molecule has 0 radical (unpaired) electrons. The minimum atomic E-state index is -0.350. The normalized spacial score (nSPS) is 12.2. The van der Waals surface area contributed by atoms with Crippen LogP contribution in [0.5, 0.6) is 0 Å². The quantitative estimate of drug-likeness (QED) is 0.545. The number of carbonyl (C=O) groups is 1. The van der Waals surface area contributed by atoms with Crippen molar-refractivity contribution in [3.63, 3.8) is 0 Å². The molecule has 1 amide bonds. The molecule has 6 heteroatoms. The number of hydrogen-bond donors (Lipinski definition) is 2. The van der Waals surface area contributed by atoms with Crippen molar-refractivity contribution in [2.24, 2.45) is 0 Å². The number of benzene rings is 2. The van der Waals surface area contributed by atoms with Crippen molar-refractivity contribution in [1.82, 2.24) is 20.4 Å². The van der Waals surface area contributed by atoms with Crippen LogP contribution in [0.1, 0.15) is 29.6 Å². The molecule has 2 heterocycles. The predicted octanol–water partition coefficient (Wildman–Crippen LogP) is 3.97. The van der Waals surface area contributed by atoms with Gasteiger partial charge in [0.1, 0.15) is 0 Å². The summed E-state index contributed by atoms with van der Waals surface area (Å²) in [5.41, 5.74) is 3.09. The average molecular weight is 360 g/mol. The molecule has 0 aliphatic carbocycles. The first-order chi connectivity index (χ1) is 13.2. The first kappa shape index (κ1) is 17.0. The largest absolute Gasteiger partial charge is 0.361 e. The molecule has 27 heavy (non-hydrogen) atoms. The fraction of sp³-hybridized carbons (Fsp3) is 0.190. The Kier molecular flexibility index (Phi) is 4.70. The summed E-state index contributed by atoms with van der Waals surface area (Å²) in [4.78, 5) is 19.8. The molecule has 6 nitrogen and oxygen atoms in total. The van der Waals surface area contributed by atoms with Gasteiger partial charge < -0.3 is 14.8 Å². The van der Waals surface area contributed by atoms with Gasteiger partial charge in [-0.2, -0.15) is 4.98 Å². The van der Waals surface area contributed by atoms with E-state index in [-0.39, 0.29) is 17.8 Å². The Hall–Kier alpha value is -3.41. The number of amides is 1. The van der Waals surface area contributed by atoms with Gasteiger partial charge in [0.15, 0.2) is 0 Å². The van der Waals surface area contributed by atoms with Crippen LogP contribution in [-0.4, -0.2) is 27.1 Å². The maximum atomic E-state index is 12.4. The van der Waals surface area contributed by atoms with Crippen molar-refractivity contribution in [3.8, 4) is 11.4 Å². The molecular formula is C21H20N4O2. The van der Waals surface area contributed by atoms with Crippen LogP contribution in [0.15, 0.2) is 65.3 Å². The second-order valence-electron chi connectivity index (χ2n) is 6.60. The third-order valence-corrected chi connectivity index (χ3v) is 4.52. The van der Waals surface area contributed by atoms with Gasteiger partial charge in [0.25, 0.3) is 0 Å². The zero-order chi connectivity index (χ0) is 18.6. The minimum Gasteiger partial charge on any atom is -0.361 e. The smallest absolute Gasteiger partial charge is 0.316 e. The molecule has 4 aromatic rings. The first-order valence-corrected chi connectivity index (χ1v) is 8.95. The monoisotopic (exact) mass is 360 g/mol. The van der Waals surface area contributed by atoms with Crippen molar-refractivity contribution >= 4 is 16.8 Å². The van der Waals surface area contributed by atoms with Gasteiger partial charge >= 0.3 is 11.8 Å². The molecule has 0 aliphatic rings. The summed E-state index contributed by atoms with van der Waals surface area (Å²) in [5.74, 6) is 0.0305. The van der Waals surface area contributed by atoms with Crippen molar-refractivity contribution in [2.45, 2.75) is 25.8 Å². The highest BCUT2D eigenvalue weighted by Gasteiger charge is 2.18. The maximum absolute atomic E-state index is 12.4. The number of fused-ring (bicyclic) bond motifs is 1. The Morgan fingerprint density at radius 3 is 2.89 bits per heavy atom. The van der Waals surface area contributed by atoms with Crippen LogP contribution >= 0.6 is 0 Å². The zero-order valence-electron chi connectivity index (χ0n) is 15.0. The summed E-state index contributed by atoms with van der Waals surface area (Å²) in [6, 6.07) is 18.0. The van der Waals surface area contributed by atoms with Gasteiger partial charge in [-0.05, 0) is 49.6 Å². The lowest BCUT2D eigenvalue weighted by Crippen LogP contribution is -2.33. The number of rotatable bonds is 6. The lowest BCUT2D eigenvalue weighted by Gasteiger charge is -2.12. The third kappa shape index (κ3) is 3.89. The van der Waals surface area contributed by atoms with E-state index in [0.29, 0.717) is 5.82 Å². The molecule has 2 aromatic heterocycles. The lowest BCUT2D eigenvalue weighted by atomic mass is 10.1. The fourth-order valence-electron chi connectivity index (χ4n) is 3.01. The topological polar surface area (TPSA) is 83.8 Å². The molecule has 0 spiro atoms. The average Bonchev–Trinajstić information content (AvgIpc) is 3.36. The zero-order valence-corrected chi connectivity index (χ0v) is 15.0. The molecule has 0 aliphatic heterocycles. The summed E-state index contributed by atoms with van der Waals surface area (Å²) in [7, 11) is 0. The van der Waals surface area contributed by atoms with Gasteiger partial charge in [0.2, 0.25) is 5.82 Å². The highest BCUT2D eigenvalue weighted by molar-refractivity contribution is 5.90. The molecule has 2 aromatic carbocycles. The number of H-pyrrole nitrogens is 1. The highest BCUT2D eigenvalue weighted by atomic mass is 16.5. The summed E-state index contributed by atoms with van der Waals surface area (Å²) in [6.45, 7) is 1.97. The van der Waals surface area contributed by atoms with Gasteiger partial charge in [0, 0.05) is 28.7 Å². The van der Waals surface area contributed by atoms with Gasteiger partial charge in [-0.3, -0.25) is 4.79 Å². The van der Waals surface area contributed by atoms with Crippen LogP contribution in [0.3, 0.4) is 0 Å². The van der Waals surface area contributed by atoms with Crippen molar-refractivity contribution in [2.75, 3.05) is 0 Å². The first-order valence-electron chi connectivity index (χ1n) is 8.95. The number of nitrogens with zero attached hydrogens (tertiary/aromatic N) is 2. The molecule has 0 bridgehead atoms. The number of aromatic nitrogens is 3. The number of aromatic amines is 1. The van der Waals surface area contributed by atoms with Gasteiger partial charge in [-0.1, -0.05) is 35.5 Å². The number of nitrogens with one attached hydrogen (secondary N) is 2. The second-order valence-corrected chi connectivity index (χ2v) is 6.60. The second kappa shape index (κ2) is 7.45. The van der Waals surface area contributed by atoms with Crippen LogP contribution in [0.25, 0.3) is 22.3 Å². The molecule has 0 saturated carbocycles. The number of aryl methyl sites for hydroxylation is 1. The van der Waals surface area contributed by atoms with Gasteiger partial charge in [-0.15, -0.1) is 0 Å². The highest BCUT2D eigenvalue weighted by Crippen LogP contribution is 2.21. The van der Waals surface area contributed by atoms with E-state index in [1.807, 2.05) is 55.6 Å². The van der Waals surface area contributed by atoms with Crippen LogP contribution in [0.4, 0.5) is 0 Å². The number of hydrogen-bond acceptors (Lipinski definition) is 4. The van der Waals surface area contributed by atoms with Gasteiger partial charge in [-0.25, -0.2) is 0 Å². The Balaban J connectivity index is 1.39. The Labute approximate surface area is 156 Å². The molecule has 1 atom stereocenters. The standard InChI is InChI=1S/C21H20N4O2/c1-14(7-8-15-5-3-2-4-6-15)23-20(26)21-24-19(25-27-21)17-9-10-18-16(13-17)11-12-22-18/h2-6,9-14,22H,7-8H2,1H3,(H,23,26)/t14-/m0/s1. The van der Waals surface area contributed by atoms with Gasteiger partial charge in [0.05, 0.1) is 0 Å². The SMILES string of the molecule is C[C@@H](CCc1ccccc1)NC(=O)c1nc(-c2ccc3[nH]ccc3c2)no1. The van der Waals surface area contributed by atoms with E-state index in [1.54, 1.807) is 0 Å². The summed E-state index contributed by atoms with van der Waals surface area (Å²) in [5, 5.41) is 7.91. The van der Waals surface area contributed by atoms with E-state index in [2.05, 4.69) is 32.6 Å². The molecule has 136 valence electrons. The van der Waals surface area contributed by atoms with Crippen molar-refractivity contribution in [3.05, 3.63) is 72.2 Å². The van der Waals surface area contributed by atoms with Crippen LogP contribution in [-0.2, 0) is 6.42 Å². The Bertz CT molecular complexity index is 1050. The molecule has 4 rings (SSSR count). The lowest BCUT2D eigenvalue weighted by molar-refractivity contribution is 0.0894. The summed E-state index contributed by atoms with van der Waals surface area (Å²) in [6.07, 6.45) is 3.61. The minimum absolute atomic E-state index is 0.00395. The predicted molar refractivity (Wildman–Crippen MR) is 103 cm³/mol. The van der Waals surface area contributed by atoms with Crippen LogP contribution in [0, 0.1) is 0 Å². The third-order valence-electron chi connectivity index (χ3n) is 4.52. The van der Waals surface area contributed by atoms with E-state index in [9.17, 15) is 4.79 Å². The van der Waals surface area contributed by atoms with Crippen molar-refractivity contribution < 1.29 is 9.32 Å². The van der Waals surface area contributed by atoms with E-state index in [0.717, 1.165) is 29.3 Å². The molecular weight excluding hydrogens is 340 g/mol. The summed E-state index contributed by atoms with van der Waals surface area (Å²) < 4.78 is 5.16. The van der Waals surface area contributed by atoms with Crippen molar-refractivity contribution in [1.29, 1.82) is 0 Å². The molecule has 0 unspecified atom stereocenters. The molecule has 2 N–H and O–H groups in total. The van der Waals surface area contributed by atoms with E-state index in [4.69, 9.17) is 4.52 Å². The van der Waals surface area contributed by atoms with Crippen LogP contribution < -0.4 is 5.32 Å². The van der Waals surface area contributed by atoms with Crippen LogP contribution in [0.2, 0.25) is 0 Å².